The lowest BCUT2D eigenvalue weighted by Crippen LogP contribution is -2.09. The van der Waals surface area contributed by atoms with Gasteiger partial charge in [0.25, 0.3) is 0 Å². The maximum Gasteiger partial charge on any atom is 0.228 e. The van der Waals surface area contributed by atoms with Crippen LogP contribution in [0.2, 0.25) is 0 Å². The summed E-state index contributed by atoms with van der Waals surface area (Å²) in [6, 6.07) is 9.20. The average Bonchev–Trinajstić information content (AvgIpc) is 2.18. The first-order valence-electron chi connectivity index (χ1n) is 4.70. The molecule has 0 saturated carbocycles. The minimum Gasteiger partial charge on any atom is -0.326 e. The van der Waals surface area contributed by atoms with E-state index in [9.17, 15) is 9.59 Å². The number of ketones is 1. The van der Waals surface area contributed by atoms with E-state index in [2.05, 4.69) is 5.32 Å². The molecule has 0 spiro atoms. The van der Waals surface area contributed by atoms with Crippen molar-refractivity contribution in [3.05, 3.63) is 42.5 Å². The highest BCUT2D eigenvalue weighted by molar-refractivity contribution is 5.93. The molecule has 1 amide bonds. The van der Waals surface area contributed by atoms with E-state index >= 15 is 0 Å². The Kier molecular flexibility index (Phi) is 4.29. The van der Waals surface area contributed by atoms with Gasteiger partial charge in [-0.2, -0.15) is 0 Å². The molecule has 1 N–H and O–H groups in total. The number of allylic oxidation sites excluding steroid dienone is 1. The molecule has 0 aliphatic carbocycles. The molecule has 0 aliphatic heterocycles. The van der Waals surface area contributed by atoms with Crippen molar-refractivity contribution in [2.75, 3.05) is 5.32 Å². The maximum atomic E-state index is 11.3. The van der Waals surface area contributed by atoms with Crippen molar-refractivity contribution in [1.29, 1.82) is 0 Å². The number of anilines is 1. The first kappa shape index (κ1) is 11.2. The molecule has 0 heterocycles. The van der Waals surface area contributed by atoms with Gasteiger partial charge < -0.3 is 5.32 Å². The lowest BCUT2D eigenvalue weighted by Gasteiger charge is -2.01. The summed E-state index contributed by atoms with van der Waals surface area (Å²) in [5, 5.41) is 2.71. The second-order valence-corrected chi connectivity index (χ2v) is 3.13. The van der Waals surface area contributed by atoms with Crippen LogP contribution in [0.15, 0.2) is 42.5 Å². The first-order valence-corrected chi connectivity index (χ1v) is 4.70. The molecule has 0 radical (unpaired) electrons. The highest BCUT2D eigenvalue weighted by Crippen LogP contribution is 2.05. The molecule has 0 fully saturated rings. The average molecular weight is 203 g/mol. The minimum atomic E-state index is -0.126. The Balaban J connectivity index is 2.40. The van der Waals surface area contributed by atoms with Gasteiger partial charge in [0.1, 0.15) is 0 Å². The van der Waals surface area contributed by atoms with Crippen LogP contribution in [0.1, 0.15) is 13.3 Å². The molecule has 0 unspecified atom stereocenters. The van der Waals surface area contributed by atoms with Gasteiger partial charge in [-0.15, -0.1) is 0 Å². The molecule has 1 aromatic carbocycles. The number of nitrogens with one attached hydrogen (secondary N) is 1. The Labute approximate surface area is 88.8 Å². The summed E-state index contributed by atoms with van der Waals surface area (Å²) in [4.78, 5) is 21.9. The number of carbonyl (C=O) groups is 2. The van der Waals surface area contributed by atoms with Crippen molar-refractivity contribution in [2.45, 2.75) is 13.3 Å². The molecule has 1 aromatic rings. The summed E-state index contributed by atoms with van der Waals surface area (Å²) >= 11 is 0. The molecule has 3 heteroatoms. The predicted molar refractivity (Wildman–Crippen MR) is 59.5 cm³/mol. The molecule has 0 bridgehead atoms. The molecule has 0 aromatic heterocycles. The van der Waals surface area contributed by atoms with E-state index in [1.54, 1.807) is 6.08 Å². The van der Waals surface area contributed by atoms with Crippen LogP contribution in [0.5, 0.6) is 0 Å². The molecule has 0 aliphatic rings. The van der Waals surface area contributed by atoms with Crippen LogP contribution in [0.25, 0.3) is 0 Å². The number of carbonyl (C=O) groups excluding carboxylic acids is 2. The van der Waals surface area contributed by atoms with E-state index in [1.165, 1.54) is 13.0 Å². The summed E-state index contributed by atoms with van der Waals surface area (Å²) in [6.45, 7) is 1.45. The fourth-order valence-electron chi connectivity index (χ4n) is 1.07. The van der Waals surface area contributed by atoms with Crippen LogP contribution < -0.4 is 5.32 Å². The summed E-state index contributed by atoms with van der Waals surface area (Å²) < 4.78 is 0. The Hall–Kier alpha value is -1.90. The van der Waals surface area contributed by atoms with Crippen molar-refractivity contribution < 1.29 is 9.59 Å². The molecule has 1 rings (SSSR count). The van der Waals surface area contributed by atoms with Crippen LogP contribution in [-0.4, -0.2) is 11.7 Å². The van der Waals surface area contributed by atoms with Gasteiger partial charge >= 0.3 is 0 Å². The molecule has 0 atom stereocenters. The SMILES string of the molecule is CC(=O)/C=C/CC(=O)Nc1ccccc1. The van der Waals surface area contributed by atoms with Crippen LogP contribution in [0.4, 0.5) is 5.69 Å². The fraction of sp³-hybridized carbons (Fsp3) is 0.167. The largest absolute Gasteiger partial charge is 0.326 e. The smallest absolute Gasteiger partial charge is 0.228 e. The van der Waals surface area contributed by atoms with E-state index in [-0.39, 0.29) is 18.1 Å². The number of benzene rings is 1. The van der Waals surface area contributed by atoms with Crippen LogP contribution >= 0.6 is 0 Å². The number of hydrogen-bond donors (Lipinski definition) is 1. The molecular formula is C12H13NO2. The van der Waals surface area contributed by atoms with Crippen molar-refractivity contribution in [2.24, 2.45) is 0 Å². The molecule has 0 saturated heterocycles. The predicted octanol–water partition coefficient (Wildman–Crippen LogP) is 2.16. The number of para-hydroxylation sites is 1. The zero-order valence-corrected chi connectivity index (χ0v) is 8.57. The third-order valence-electron chi connectivity index (χ3n) is 1.71. The lowest BCUT2D eigenvalue weighted by atomic mass is 10.3. The zero-order valence-electron chi connectivity index (χ0n) is 8.57. The topological polar surface area (TPSA) is 46.2 Å². The van der Waals surface area contributed by atoms with Crippen molar-refractivity contribution in [1.82, 2.24) is 0 Å². The van der Waals surface area contributed by atoms with E-state index in [0.717, 1.165) is 5.69 Å². The highest BCUT2D eigenvalue weighted by atomic mass is 16.1. The Bertz CT molecular complexity index is 368. The molecule has 3 nitrogen and oxygen atoms in total. The van der Waals surface area contributed by atoms with Crippen LogP contribution in [-0.2, 0) is 9.59 Å². The van der Waals surface area contributed by atoms with Gasteiger partial charge in [0.2, 0.25) is 5.91 Å². The van der Waals surface area contributed by atoms with E-state index in [0.29, 0.717) is 0 Å². The number of rotatable bonds is 4. The van der Waals surface area contributed by atoms with Gasteiger partial charge in [-0.25, -0.2) is 0 Å². The Morgan fingerprint density at radius 3 is 2.53 bits per heavy atom. The fourth-order valence-corrected chi connectivity index (χ4v) is 1.07. The van der Waals surface area contributed by atoms with Gasteiger partial charge in [-0.3, -0.25) is 9.59 Å². The normalized spacial score (nSPS) is 10.2. The Morgan fingerprint density at radius 1 is 1.27 bits per heavy atom. The standard InChI is InChI=1S/C12H13NO2/c1-10(14)6-5-9-12(15)13-11-7-3-2-4-8-11/h2-8H,9H2,1H3,(H,13,15)/b6-5+. The highest BCUT2D eigenvalue weighted by Gasteiger charge is 1.98. The monoisotopic (exact) mass is 203 g/mol. The lowest BCUT2D eigenvalue weighted by molar-refractivity contribution is -0.115. The third-order valence-corrected chi connectivity index (χ3v) is 1.71. The minimum absolute atomic E-state index is 0.0532. The van der Waals surface area contributed by atoms with Crippen LogP contribution in [0, 0.1) is 0 Å². The van der Waals surface area contributed by atoms with Crippen LogP contribution in [0.3, 0.4) is 0 Å². The summed E-state index contributed by atoms with van der Waals surface area (Å²) in [6.07, 6.45) is 3.17. The number of amides is 1. The summed E-state index contributed by atoms with van der Waals surface area (Å²) in [5.41, 5.74) is 0.763. The van der Waals surface area contributed by atoms with Gasteiger partial charge in [-0.1, -0.05) is 24.3 Å². The van der Waals surface area contributed by atoms with E-state index in [1.807, 2.05) is 30.3 Å². The number of hydrogen-bond acceptors (Lipinski definition) is 2. The van der Waals surface area contributed by atoms with E-state index < -0.39 is 0 Å². The molecule has 15 heavy (non-hydrogen) atoms. The van der Waals surface area contributed by atoms with Crippen molar-refractivity contribution >= 4 is 17.4 Å². The second-order valence-electron chi connectivity index (χ2n) is 3.13. The van der Waals surface area contributed by atoms with Crippen molar-refractivity contribution in [3.8, 4) is 0 Å². The molecular weight excluding hydrogens is 190 g/mol. The first-order chi connectivity index (χ1) is 7.18. The van der Waals surface area contributed by atoms with Gasteiger partial charge in [0, 0.05) is 12.1 Å². The maximum absolute atomic E-state index is 11.3. The summed E-state index contributed by atoms with van der Waals surface area (Å²) in [5.74, 6) is -0.179. The zero-order chi connectivity index (χ0) is 11.1. The van der Waals surface area contributed by atoms with Gasteiger partial charge in [-0.05, 0) is 25.1 Å². The summed E-state index contributed by atoms with van der Waals surface area (Å²) in [7, 11) is 0. The quantitative estimate of drug-likeness (QED) is 0.762. The van der Waals surface area contributed by atoms with E-state index in [4.69, 9.17) is 0 Å². The van der Waals surface area contributed by atoms with Gasteiger partial charge in [0.05, 0.1) is 0 Å². The molecule has 78 valence electrons. The van der Waals surface area contributed by atoms with Crippen molar-refractivity contribution in [3.63, 3.8) is 0 Å². The van der Waals surface area contributed by atoms with Gasteiger partial charge in [0.15, 0.2) is 5.78 Å². The second kappa shape index (κ2) is 5.75. The Morgan fingerprint density at radius 2 is 1.93 bits per heavy atom. The third kappa shape index (κ3) is 4.76.